The van der Waals surface area contributed by atoms with Gasteiger partial charge in [0.1, 0.15) is 29.0 Å². The summed E-state index contributed by atoms with van der Waals surface area (Å²) in [6.45, 7) is 0. The Morgan fingerprint density at radius 3 is 2.82 bits per heavy atom. The summed E-state index contributed by atoms with van der Waals surface area (Å²) in [5, 5.41) is 17.6. The molecule has 0 bridgehead atoms. The molecule has 0 N–H and O–H groups in total. The van der Waals surface area contributed by atoms with Crippen molar-refractivity contribution in [1.29, 1.82) is 10.5 Å². The minimum Gasteiger partial charge on any atom is -0.460 e. The standard InChI is InChI=1S/C12H4N2O3/c13-4-6(5-14)7-3-8(15)10-11(7)17-9-1-2-16-12(9)10/h1-2H,3H2. The molecule has 3 rings (SSSR count). The van der Waals surface area contributed by atoms with Crippen molar-refractivity contribution in [2.24, 2.45) is 0 Å². The number of fused-ring (bicyclic) bond motifs is 3. The van der Waals surface area contributed by atoms with Gasteiger partial charge in [-0.1, -0.05) is 0 Å². The molecule has 0 saturated heterocycles. The number of carbonyl (C=O) groups is 1. The summed E-state index contributed by atoms with van der Waals surface area (Å²) in [4.78, 5) is 11.8. The van der Waals surface area contributed by atoms with E-state index in [2.05, 4.69) is 0 Å². The molecular formula is C12H4N2O3. The average Bonchev–Trinajstić information content (AvgIpc) is 2.93. The first kappa shape index (κ1) is 9.44. The van der Waals surface area contributed by atoms with Gasteiger partial charge in [-0.3, -0.25) is 4.79 Å². The van der Waals surface area contributed by atoms with E-state index in [0.717, 1.165) is 0 Å². The smallest absolute Gasteiger partial charge is 0.183 e. The van der Waals surface area contributed by atoms with Crippen molar-refractivity contribution in [2.45, 2.75) is 6.42 Å². The second kappa shape index (κ2) is 3.10. The maximum Gasteiger partial charge on any atom is 0.183 e. The number of nitriles is 2. The highest BCUT2D eigenvalue weighted by Gasteiger charge is 2.34. The third-order valence-corrected chi connectivity index (χ3v) is 2.71. The molecule has 0 aromatic carbocycles. The van der Waals surface area contributed by atoms with Crippen LogP contribution in [-0.2, 0) is 0 Å². The molecule has 0 spiro atoms. The van der Waals surface area contributed by atoms with Gasteiger partial charge in [0.2, 0.25) is 0 Å². The van der Waals surface area contributed by atoms with Crippen LogP contribution in [0.25, 0.3) is 16.7 Å². The minimum atomic E-state index is -0.188. The molecule has 0 unspecified atom stereocenters. The molecule has 2 heterocycles. The highest BCUT2D eigenvalue weighted by Crippen LogP contribution is 2.40. The third-order valence-electron chi connectivity index (χ3n) is 2.71. The van der Waals surface area contributed by atoms with E-state index >= 15 is 0 Å². The molecule has 0 amide bonds. The van der Waals surface area contributed by atoms with Crippen LogP contribution in [-0.4, -0.2) is 5.78 Å². The fraction of sp³-hybridized carbons (Fsp3) is 0.0833. The molecule has 2 aromatic heterocycles. The predicted octanol–water partition coefficient (Wildman–Crippen LogP) is 2.41. The number of ketones is 1. The Labute approximate surface area is 95.1 Å². The Kier molecular flexibility index (Phi) is 1.72. The van der Waals surface area contributed by atoms with Crippen LogP contribution in [0.3, 0.4) is 0 Å². The summed E-state index contributed by atoms with van der Waals surface area (Å²) in [5.74, 6) is 0.106. The van der Waals surface area contributed by atoms with Gasteiger partial charge in [-0.2, -0.15) is 10.5 Å². The van der Waals surface area contributed by atoms with Crippen LogP contribution in [0.2, 0.25) is 0 Å². The van der Waals surface area contributed by atoms with E-state index in [1.165, 1.54) is 6.26 Å². The number of nitrogens with zero attached hydrogens (tertiary/aromatic N) is 2. The predicted molar refractivity (Wildman–Crippen MR) is 55.6 cm³/mol. The van der Waals surface area contributed by atoms with Crippen molar-refractivity contribution in [3.05, 3.63) is 29.2 Å². The fourth-order valence-corrected chi connectivity index (χ4v) is 1.98. The van der Waals surface area contributed by atoms with Gasteiger partial charge in [0.05, 0.1) is 6.26 Å². The molecule has 0 radical (unpaired) electrons. The zero-order chi connectivity index (χ0) is 12.0. The first-order valence-corrected chi connectivity index (χ1v) is 4.83. The molecule has 0 fully saturated rings. The van der Waals surface area contributed by atoms with E-state index in [1.54, 1.807) is 18.2 Å². The van der Waals surface area contributed by atoms with Crippen molar-refractivity contribution in [2.75, 3.05) is 0 Å². The van der Waals surface area contributed by atoms with E-state index in [1.807, 2.05) is 0 Å². The van der Waals surface area contributed by atoms with Crippen molar-refractivity contribution in [1.82, 2.24) is 0 Å². The Bertz CT molecular complexity index is 746. The number of hydrogen-bond donors (Lipinski definition) is 0. The molecular weight excluding hydrogens is 220 g/mol. The van der Waals surface area contributed by atoms with E-state index < -0.39 is 0 Å². The summed E-state index contributed by atoms with van der Waals surface area (Å²) in [7, 11) is 0. The molecule has 1 aliphatic rings. The number of Topliss-reactive ketones (excluding diaryl/α,β-unsaturated/α-hetero) is 1. The maximum absolute atomic E-state index is 11.8. The van der Waals surface area contributed by atoms with Gasteiger partial charge in [-0.05, 0) is 0 Å². The topological polar surface area (TPSA) is 90.9 Å². The molecule has 5 nitrogen and oxygen atoms in total. The molecule has 17 heavy (non-hydrogen) atoms. The van der Waals surface area contributed by atoms with Crippen LogP contribution < -0.4 is 0 Å². The molecule has 0 atom stereocenters. The molecule has 2 aromatic rings. The van der Waals surface area contributed by atoms with E-state index in [-0.39, 0.29) is 17.8 Å². The monoisotopic (exact) mass is 224 g/mol. The maximum atomic E-state index is 11.8. The Morgan fingerprint density at radius 2 is 2.12 bits per heavy atom. The summed E-state index contributed by atoms with van der Waals surface area (Å²) in [5.41, 5.74) is 1.43. The lowest BCUT2D eigenvalue weighted by molar-refractivity contribution is 0.100. The molecule has 1 aliphatic carbocycles. The van der Waals surface area contributed by atoms with Gasteiger partial charge in [-0.25, -0.2) is 0 Å². The van der Waals surface area contributed by atoms with Gasteiger partial charge in [-0.15, -0.1) is 0 Å². The van der Waals surface area contributed by atoms with Crippen LogP contribution in [0.15, 0.2) is 26.7 Å². The minimum absolute atomic E-state index is 0.0151. The molecule has 0 aliphatic heterocycles. The lowest BCUT2D eigenvalue weighted by Gasteiger charge is -1.92. The quantitative estimate of drug-likeness (QED) is 0.640. The molecule has 80 valence electrons. The van der Waals surface area contributed by atoms with E-state index in [4.69, 9.17) is 19.4 Å². The number of allylic oxidation sites excluding steroid dienone is 2. The highest BCUT2D eigenvalue weighted by molar-refractivity contribution is 6.18. The molecule has 5 heteroatoms. The average molecular weight is 224 g/mol. The number of hydrogen-bond acceptors (Lipinski definition) is 5. The third kappa shape index (κ3) is 1.08. The van der Waals surface area contributed by atoms with Gasteiger partial charge in [0.25, 0.3) is 0 Å². The van der Waals surface area contributed by atoms with Gasteiger partial charge < -0.3 is 8.83 Å². The van der Waals surface area contributed by atoms with E-state index in [9.17, 15) is 4.79 Å². The first-order valence-electron chi connectivity index (χ1n) is 4.83. The summed E-state index contributed by atoms with van der Waals surface area (Å²) < 4.78 is 10.6. The van der Waals surface area contributed by atoms with Crippen molar-refractivity contribution < 1.29 is 13.6 Å². The number of rotatable bonds is 0. The highest BCUT2D eigenvalue weighted by atomic mass is 16.4. The van der Waals surface area contributed by atoms with Crippen molar-refractivity contribution in [3.8, 4) is 12.1 Å². The number of furan rings is 2. The summed E-state index contributed by atoms with van der Waals surface area (Å²) in [6.07, 6.45) is 1.44. The fourth-order valence-electron chi connectivity index (χ4n) is 1.98. The molecule has 0 saturated carbocycles. The first-order chi connectivity index (χ1) is 8.26. The van der Waals surface area contributed by atoms with Crippen LogP contribution in [0, 0.1) is 22.7 Å². The van der Waals surface area contributed by atoms with Crippen LogP contribution in [0.4, 0.5) is 0 Å². The van der Waals surface area contributed by atoms with Crippen LogP contribution >= 0.6 is 0 Å². The summed E-state index contributed by atoms with van der Waals surface area (Å²) in [6, 6.07) is 5.13. The zero-order valence-electron chi connectivity index (χ0n) is 8.48. The number of carbonyl (C=O) groups excluding carboxylic acids is 1. The Balaban J connectivity index is 2.39. The van der Waals surface area contributed by atoms with Crippen LogP contribution in [0.5, 0.6) is 0 Å². The van der Waals surface area contributed by atoms with Gasteiger partial charge in [0, 0.05) is 18.1 Å². The van der Waals surface area contributed by atoms with Crippen molar-refractivity contribution in [3.63, 3.8) is 0 Å². The summed E-state index contributed by atoms with van der Waals surface area (Å²) >= 11 is 0. The lowest BCUT2D eigenvalue weighted by Crippen LogP contribution is -1.89. The Morgan fingerprint density at radius 1 is 1.35 bits per heavy atom. The normalized spacial score (nSPS) is 13.5. The van der Waals surface area contributed by atoms with Crippen molar-refractivity contribution >= 4 is 22.5 Å². The Hall–Kier alpha value is -2.79. The second-order valence-electron chi connectivity index (χ2n) is 3.60. The second-order valence-corrected chi connectivity index (χ2v) is 3.60. The largest absolute Gasteiger partial charge is 0.460 e. The SMILES string of the molecule is N#CC(C#N)=C1CC(=O)c2c1oc1ccoc21. The zero-order valence-corrected chi connectivity index (χ0v) is 8.48. The van der Waals surface area contributed by atoms with Crippen LogP contribution in [0.1, 0.15) is 22.5 Å². The van der Waals surface area contributed by atoms with Gasteiger partial charge in [0.15, 0.2) is 16.9 Å². The lowest BCUT2D eigenvalue weighted by atomic mass is 10.1. The van der Waals surface area contributed by atoms with Gasteiger partial charge >= 0.3 is 0 Å². The van der Waals surface area contributed by atoms with E-state index in [0.29, 0.717) is 28.1 Å².